The highest BCUT2D eigenvalue weighted by molar-refractivity contribution is 6.30. The molecule has 0 bridgehead atoms. The van der Waals surface area contributed by atoms with Crippen LogP contribution in [0.2, 0.25) is 5.02 Å². The van der Waals surface area contributed by atoms with Gasteiger partial charge in [0.05, 0.1) is 0 Å². The standard InChI is InChI=1S/C11H14ClN/c1-8-5-6-11(8)13-10-4-2-3-9(12)7-10/h2-4,7-8,11,13H,5-6H2,1H3. The predicted molar refractivity (Wildman–Crippen MR) is 57.3 cm³/mol. The van der Waals surface area contributed by atoms with E-state index in [1.54, 1.807) is 0 Å². The number of rotatable bonds is 2. The molecule has 1 nitrogen and oxygen atoms in total. The van der Waals surface area contributed by atoms with E-state index < -0.39 is 0 Å². The van der Waals surface area contributed by atoms with Crippen LogP contribution in [-0.4, -0.2) is 6.04 Å². The molecule has 1 fully saturated rings. The second-order valence-electron chi connectivity index (χ2n) is 3.82. The summed E-state index contributed by atoms with van der Waals surface area (Å²) in [4.78, 5) is 0. The first-order valence-corrected chi connectivity index (χ1v) is 5.15. The monoisotopic (exact) mass is 195 g/mol. The molecule has 1 aliphatic rings. The fraction of sp³-hybridized carbons (Fsp3) is 0.455. The minimum atomic E-state index is 0.651. The Hall–Kier alpha value is -0.690. The summed E-state index contributed by atoms with van der Waals surface area (Å²) in [6.07, 6.45) is 2.63. The Morgan fingerprint density at radius 2 is 2.23 bits per heavy atom. The molecule has 2 rings (SSSR count). The maximum absolute atomic E-state index is 5.89. The van der Waals surface area contributed by atoms with Crippen LogP contribution in [0.25, 0.3) is 0 Å². The zero-order valence-electron chi connectivity index (χ0n) is 7.76. The fourth-order valence-electron chi connectivity index (χ4n) is 1.67. The molecule has 0 spiro atoms. The molecule has 1 aromatic carbocycles. The number of nitrogens with one attached hydrogen (secondary N) is 1. The molecule has 0 radical (unpaired) electrons. The molecule has 13 heavy (non-hydrogen) atoms. The Morgan fingerprint density at radius 3 is 2.77 bits per heavy atom. The van der Waals surface area contributed by atoms with Gasteiger partial charge >= 0.3 is 0 Å². The van der Waals surface area contributed by atoms with Crippen molar-refractivity contribution in [2.75, 3.05) is 5.32 Å². The summed E-state index contributed by atoms with van der Waals surface area (Å²) in [5.74, 6) is 0.805. The summed E-state index contributed by atoms with van der Waals surface area (Å²) < 4.78 is 0. The van der Waals surface area contributed by atoms with Crippen LogP contribution in [0, 0.1) is 5.92 Å². The zero-order chi connectivity index (χ0) is 9.26. The third-order valence-corrected chi connectivity index (χ3v) is 3.03. The van der Waals surface area contributed by atoms with Gasteiger partial charge in [0.15, 0.2) is 0 Å². The first kappa shape index (κ1) is 8.89. The Bertz CT molecular complexity index is 298. The van der Waals surface area contributed by atoms with E-state index in [1.807, 2.05) is 18.2 Å². The van der Waals surface area contributed by atoms with Crippen molar-refractivity contribution < 1.29 is 0 Å². The summed E-state index contributed by atoms with van der Waals surface area (Å²) in [5, 5.41) is 4.29. The first-order chi connectivity index (χ1) is 6.25. The number of anilines is 1. The molecule has 2 atom stereocenters. The summed E-state index contributed by atoms with van der Waals surface area (Å²) in [6.45, 7) is 2.28. The SMILES string of the molecule is CC1CCC1Nc1cccc(Cl)c1. The Kier molecular flexibility index (Phi) is 2.45. The van der Waals surface area contributed by atoms with E-state index >= 15 is 0 Å². The smallest absolute Gasteiger partial charge is 0.0426 e. The van der Waals surface area contributed by atoms with E-state index in [0.29, 0.717) is 6.04 Å². The summed E-state index contributed by atoms with van der Waals surface area (Å²) in [5.41, 5.74) is 1.14. The zero-order valence-corrected chi connectivity index (χ0v) is 8.51. The lowest BCUT2D eigenvalue weighted by Crippen LogP contribution is -2.36. The van der Waals surface area contributed by atoms with Gasteiger partial charge in [-0.05, 0) is 37.0 Å². The number of benzene rings is 1. The van der Waals surface area contributed by atoms with Crippen molar-refractivity contribution in [3.63, 3.8) is 0 Å². The van der Waals surface area contributed by atoms with Gasteiger partial charge in [-0.25, -0.2) is 0 Å². The van der Waals surface area contributed by atoms with E-state index in [4.69, 9.17) is 11.6 Å². The highest BCUT2D eigenvalue weighted by Gasteiger charge is 2.26. The second kappa shape index (κ2) is 3.59. The average Bonchev–Trinajstić information content (AvgIpc) is 2.12. The normalized spacial score (nSPS) is 26.6. The molecular weight excluding hydrogens is 182 g/mol. The number of halogens is 1. The van der Waals surface area contributed by atoms with E-state index in [0.717, 1.165) is 16.6 Å². The Morgan fingerprint density at radius 1 is 1.38 bits per heavy atom. The van der Waals surface area contributed by atoms with Crippen molar-refractivity contribution in [2.24, 2.45) is 5.92 Å². The molecule has 2 heteroatoms. The van der Waals surface area contributed by atoms with Crippen LogP contribution in [0.4, 0.5) is 5.69 Å². The van der Waals surface area contributed by atoms with Crippen molar-refractivity contribution in [3.8, 4) is 0 Å². The van der Waals surface area contributed by atoms with Crippen LogP contribution < -0.4 is 5.32 Å². The molecule has 1 N–H and O–H groups in total. The van der Waals surface area contributed by atoms with Crippen molar-refractivity contribution in [3.05, 3.63) is 29.3 Å². The van der Waals surface area contributed by atoms with Crippen LogP contribution in [0.3, 0.4) is 0 Å². The largest absolute Gasteiger partial charge is 0.382 e. The summed E-state index contributed by atoms with van der Waals surface area (Å²) >= 11 is 5.89. The predicted octanol–water partition coefficient (Wildman–Crippen LogP) is 3.55. The molecule has 0 aliphatic heterocycles. The van der Waals surface area contributed by atoms with Crippen LogP contribution >= 0.6 is 11.6 Å². The number of hydrogen-bond donors (Lipinski definition) is 1. The Labute approximate surface area is 84.1 Å². The van der Waals surface area contributed by atoms with Crippen LogP contribution in [0.1, 0.15) is 19.8 Å². The molecule has 0 aromatic heterocycles. The van der Waals surface area contributed by atoms with Crippen LogP contribution in [-0.2, 0) is 0 Å². The van der Waals surface area contributed by atoms with E-state index in [2.05, 4.69) is 18.3 Å². The molecule has 1 aromatic rings. The highest BCUT2D eigenvalue weighted by atomic mass is 35.5. The molecule has 2 unspecified atom stereocenters. The van der Waals surface area contributed by atoms with Crippen molar-refractivity contribution >= 4 is 17.3 Å². The maximum Gasteiger partial charge on any atom is 0.0426 e. The molecule has 1 saturated carbocycles. The minimum Gasteiger partial charge on any atom is -0.382 e. The van der Waals surface area contributed by atoms with E-state index in [9.17, 15) is 0 Å². The Balaban J connectivity index is 2.01. The lowest BCUT2D eigenvalue weighted by atomic mass is 9.81. The first-order valence-electron chi connectivity index (χ1n) is 4.78. The van der Waals surface area contributed by atoms with Crippen LogP contribution in [0.5, 0.6) is 0 Å². The lowest BCUT2D eigenvalue weighted by molar-refractivity contribution is 0.303. The molecule has 0 saturated heterocycles. The van der Waals surface area contributed by atoms with Gasteiger partial charge in [-0.3, -0.25) is 0 Å². The second-order valence-corrected chi connectivity index (χ2v) is 4.25. The topological polar surface area (TPSA) is 12.0 Å². The number of hydrogen-bond acceptors (Lipinski definition) is 1. The van der Waals surface area contributed by atoms with Gasteiger partial charge in [0.25, 0.3) is 0 Å². The van der Waals surface area contributed by atoms with Gasteiger partial charge in [-0.15, -0.1) is 0 Å². The van der Waals surface area contributed by atoms with Crippen molar-refractivity contribution in [1.82, 2.24) is 0 Å². The average molecular weight is 196 g/mol. The van der Waals surface area contributed by atoms with Gasteiger partial charge in [-0.2, -0.15) is 0 Å². The van der Waals surface area contributed by atoms with E-state index in [-0.39, 0.29) is 0 Å². The lowest BCUT2D eigenvalue weighted by Gasteiger charge is -2.35. The van der Waals surface area contributed by atoms with Crippen molar-refractivity contribution in [1.29, 1.82) is 0 Å². The van der Waals surface area contributed by atoms with Gasteiger partial charge in [0.2, 0.25) is 0 Å². The van der Waals surface area contributed by atoms with Gasteiger partial charge in [0, 0.05) is 16.8 Å². The fourth-order valence-corrected chi connectivity index (χ4v) is 1.86. The molecular formula is C11H14ClN. The quantitative estimate of drug-likeness (QED) is 0.761. The van der Waals surface area contributed by atoms with E-state index in [1.165, 1.54) is 12.8 Å². The summed E-state index contributed by atoms with van der Waals surface area (Å²) in [7, 11) is 0. The minimum absolute atomic E-state index is 0.651. The van der Waals surface area contributed by atoms with Crippen molar-refractivity contribution in [2.45, 2.75) is 25.8 Å². The molecule has 1 aliphatic carbocycles. The van der Waals surface area contributed by atoms with Gasteiger partial charge in [0.1, 0.15) is 0 Å². The summed E-state index contributed by atoms with van der Waals surface area (Å²) in [6, 6.07) is 8.58. The van der Waals surface area contributed by atoms with Gasteiger partial charge in [-0.1, -0.05) is 24.6 Å². The molecule has 70 valence electrons. The van der Waals surface area contributed by atoms with Crippen LogP contribution in [0.15, 0.2) is 24.3 Å². The third kappa shape index (κ3) is 1.97. The highest BCUT2D eigenvalue weighted by Crippen LogP contribution is 2.30. The maximum atomic E-state index is 5.89. The molecule has 0 heterocycles. The third-order valence-electron chi connectivity index (χ3n) is 2.80. The molecule has 0 amide bonds. The van der Waals surface area contributed by atoms with Gasteiger partial charge < -0.3 is 5.32 Å².